The summed E-state index contributed by atoms with van der Waals surface area (Å²) in [5.74, 6) is -0.687. The summed E-state index contributed by atoms with van der Waals surface area (Å²) in [6, 6.07) is 10.1. The van der Waals surface area contributed by atoms with Gasteiger partial charge < -0.3 is 36.7 Å². The summed E-state index contributed by atoms with van der Waals surface area (Å²) < 4.78 is 160. The fourth-order valence-electron chi connectivity index (χ4n) is 5.52. The smallest absolute Gasteiger partial charge is 0.514 e. The van der Waals surface area contributed by atoms with Gasteiger partial charge in [-0.1, -0.05) is 19.9 Å². The van der Waals surface area contributed by atoms with Gasteiger partial charge in [0.05, 0.1) is 30.9 Å². The van der Waals surface area contributed by atoms with E-state index in [9.17, 15) is 48.7 Å². The molecule has 0 unspecified atom stereocenters. The van der Waals surface area contributed by atoms with Gasteiger partial charge in [0.25, 0.3) is 0 Å². The highest BCUT2D eigenvalue weighted by molar-refractivity contribution is 5.75. The van der Waals surface area contributed by atoms with Crippen LogP contribution in [0.15, 0.2) is 72.8 Å². The van der Waals surface area contributed by atoms with Crippen molar-refractivity contribution < 1.29 is 85.4 Å². The average Bonchev–Trinajstić information content (AvgIpc) is 3.08. The molecule has 4 aromatic carbocycles. The Balaban J connectivity index is 0.00000784. The molecule has 0 bridgehead atoms. The number of carbonyl (C=O) groups is 1. The molecule has 4 aromatic rings. The van der Waals surface area contributed by atoms with Gasteiger partial charge in [0.15, 0.2) is 6.10 Å². The molecule has 2 atom stereocenters. The zero-order valence-electron chi connectivity index (χ0n) is 29.1. The summed E-state index contributed by atoms with van der Waals surface area (Å²) in [4.78, 5) is 13.0. The van der Waals surface area contributed by atoms with Gasteiger partial charge in [0, 0.05) is 17.2 Å². The van der Waals surface area contributed by atoms with Crippen LogP contribution >= 0.6 is 0 Å². The highest BCUT2D eigenvalue weighted by Crippen LogP contribution is 2.41. The molecule has 54 heavy (non-hydrogen) atoms. The number of ether oxygens (including phenoxy) is 4. The van der Waals surface area contributed by atoms with Crippen molar-refractivity contribution >= 4 is 6.16 Å². The van der Waals surface area contributed by atoms with Crippen molar-refractivity contribution in [2.75, 3.05) is 14.2 Å². The zero-order valence-corrected chi connectivity index (χ0v) is 29.9. The van der Waals surface area contributed by atoms with E-state index in [4.69, 9.17) is 18.9 Å². The molecule has 4 rings (SSSR count). The summed E-state index contributed by atoms with van der Waals surface area (Å²) in [5, 5.41) is 1.27. The molecule has 0 aromatic heterocycles. The van der Waals surface area contributed by atoms with Gasteiger partial charge in [0.1, 0.15) is 35.7 Å². The first kappa shape index (κ1) is 43.7. The predicted molar refractivity (Wildman–Crippen MR) is 172 cm³/mol. The van der Waals surface area contributed by atoms with Crippen molar-refractivity contribution in [3.05, 3.63) is 112 Å². The minimum Gasteiger partial charge on any atom is -1.00 e. The Labute approximate surface area is 309 Å². The van der Waals surface area contributed by atoms with E-state index in [2.05, 4.69) is 0 Å². The number of rotatable bonds is 11. The van der Waals surface area contributed by atoms with Gasteiger partial charge in [-0.25, -0.2) is 9.18 Å². The molecular weight excluding hydrogens is 764 g/mol. The summed E-state index contributed by atoms with van der Waals surface area (Å²) in [6.45, 7) is 4.32. The molecule has 17 heteroatoms. The van der Waals surface area contributed by atoms with Gasteiger partial charge in [-0.2, -0.15) is 39.5 Å². The number of alkyl halides is 9. The second-order valence-electron chi connectivity index (χ2n) is 12.3. The third-order valence-corrected chi connectivity index (χ3v) is 8.27. The van der Waals surface area contributed by atoms with E-state index in [1.165, 1.54) is 56.8 Å². The van der Waals surface area contributed by atoms with E-state index in [-0.39, 0.29) is 64.7 Å². The molecule has 0 fully saturated rings. The van der Waals surface area contributed by atoms with Gasteiger partial charge in [0.2, 0.25) is 0 Å². The fraction of sp³-hybridized carbons (Fsp3) is 0.324. The molecule has 0 aliphatic rings. The van der Waals surface area contributed by atoms with Crippen molar-refractivity contribution in [1.82, 2.24) is 0 Å². The summed E-state index contributed by atoms with van der Waals surface area (Å²) >= 11 is 0. The van der Waals surface area contributed by atoms with Crippen LogP contribution in [0.5, 0.6) is 17.2 Å². The van der Waals surface area contributed by atoms with Crippen LogP contribution in [-0.2, 0) is 29.8 Å². The monoisotopic (exact) mass is 797 g/mol. The average molecular weight is 798 g/mol. The van der Waals surface area contributed by atoms with Crippen LogP contribution in [0, 0.1) is 5.82 Å². The number of nitrogens with two attached hydrogens (primary N) is 1. The maximum Gasteiger partial charge on any atom is 0.514 e. The van der Waals surface area contributed by atoms with Gasteiger partial charge in [-0.3, -0.25) is 0 Å². The summed E-state index contributed by atoms with van der Waals surface area (Å²) in [6.07, 6.45) is -18.7. The number of carbonyl (C=O) groups excluding carboxylic acids is 1. The van der Waals surface area contributed by atoms with E-state index in [1.807, 2.05) is 0 Å². The first-order valence-corrected chi connectivity index (χ1v) is 15.9. The maximum absolute atomic E-state index is 14.9. The number of quaternary nitrogens is 1. The molecule has 0 amide bonds. The minimum absolute atomic E-state index is 0. The second-order valence-corrected chi connectivity index (χ2v) is 12.3. The summed E-state index contributed by atoms with van der Waals surface area (Å²) in [5.41, 5.74) is -4.52. The zero-order chi connectivity index (χ0) is 39.5. The Morgan fingerprint density at radius 3 is 1.74 bits per heavy atom. The van der Waals surface area contributed by atoms with E-state index in [0.717, 1.165) is 24.3 Å². The molecule has 0 heterocycles. The van der Waals surface area contributed by atoms with Crippen molar-refractivity contribution in [2.45, 2.75) is 63.9 Å². The molecule has 0 saturated heterocycles. The predicted octanol–water partition coefficient (Wildman–Crippen LogP) is 7.10. The quantitative estimate of drug-likeness (QED) is 0.0997. The first-order valence-electron chi connectivity index (χ1n) is 15.9. The third kappa shape index (κ3) is 10.7. The van der Waals surface area contributed by atoms with Crippen LogP contribution in [0.1, 0.15) is 66.2 Å². The lowest BCUT2D eigenvalue weighted by molar-refractivity contribution is -0.708. The van der Waals surface area contributed by atoms with E-state index < -0.39 is 64.9 Å². The first-order chi connectivity index (χ1) is 24.6. The van der Waals surface area contributed by atoms with Crippen LogP contribution in [0.2, 0.25) is 0 Å². The van der Waals surface area contributed by atoms with Crippen LogP contribution in [-0.4, -0.2) is 26.4 Å². The Morgan fingerprint density at radius 1 is 0.685 bits per heavy atom. The number of hydrogen-bond donors (Lipinski definition) is 1. The molecule has 294 valence electrons. The maximum atomic E-state index is 14.9. The standard InChI is InChI=1S/C37H33F10NO5.ClH/c1-19(2)29-16-30(32(51-5)17-31(29)38)28-11-6-23(35(39,40)41)14-22(28)18-48-20(3)33(53-34(49)52-27-9-7-26(50-4)8-10-27)21-12-24(36(42,43)44)15-25(13-21)37(45,46)47;/h6-17,19-20,33,48H,18H2,1-5H3;1H/t20-,33-;/m0./s1. The van der Waals surface area contributed by atoms with Crippen LogP contribution in [0.4, 0.5) is 48.7 Å². The van der Waals surface area contributed by atoms with Crippen molar-refractivity contribution in [3.8, 4) is 28.4 Å². The Kier molecular flexibility index (Phi) is 13.9. The second kappa shape index (κ2) is 17.2. The molecule has 0 radical (unpaired) electrons. The number of methoxy groups -OCH3 is 2. The topological polar surface area (TPSA) is 70.6 Å². The molecule has 0 spiro atoms. The van der Waals surface area contributed by atoms with E-state index >= 15 is 0 Å². The number of halogens is 11. The van der Waals surface area contributed by atoms with Gasteiger partial charge in [-0.15, -0.1) is 0 Å². The lowest BCUT2D eigenvalue weighted by atomic mass is 9.92. The van der Waals surface area contributed by atoms with Crippen molar-refractivity contribution in [3.63, 3.8) is 0 Å². The lowest BCUT2D eigenvalue weighted by Gasteiger charge is -2.25. The van der Waals surface area contributed by atoms with Gasteiger partial charge >= 0.3 is 24.7 Å². The highest BCUT2D eigenvalue weighted by Gasteiger charge is 2.40. The number of benzene rings is 4. The summed E-state index contributed by atoms with van der Waals surface area (Å²) in [7, 11) is 2.61. The van der Waals surface area contributed by atoms with E-state index in [0.29, 0.717) is 17.9 Å². The van der Waals surface area contributed by atoms with Crippen molar-refractivity contribution in [2.24, 2.45) is 0 Å². The highest BCUT2D eigenvalue weighted by atomic mass is 35.5. The fourth-order valence-corrected chi connectivity index (χ4v) is 5.52. The largest absolute Gasteiger partial charge is 1.00 e. The molecule has 0 aliphatic carbocycles. The normalized spacial score (nSPS) is 13.2. The van der Waals surface area contributed by atoms with E-state index in [1.54, 1.807) is 13.8 Å². The van der Waals surface area contributed by atoms with Gasteiger partial charge in [-0.05, 0) is 90.2 Å². The molecule has 0 saturated carbocycles. The Morgan fingerprint density at radius 2 is 1.24 bits per heavy atom. The van der Waals surface area contributed by atoms with Crippen molar-refractivity contribution in [1.29, 1.82) is 0 Å². The SMILES string of the molecule is COc1ccc(OC(=O)O[C@H](c2cc(C(F)(F)F)cc(C(F)(F)F)c2)[C@H](C)[NH2+]Cc2cc(C(F)(F)F)ccc2-c2cc(C(C)C)c(F)cc2OC)cc1.[Cl-]. The Hall–Kier alpha value is -4.70. The molecule has 2 N–H and O–H groups in total. The minimum atomic E-state index is -5.24. The third-order valence-electron chi connectivity index (χ3n) is 8.27. The Bertz CT molecular complexity index is 1880. The molecule has 0 aliphatic heterocycles. The molecule has 6 nitrogen and oxygen atoms in total. The number of hydrogen-bond acceptors (Lipinski definition) is 5. The molecular formula is C37H34ClF10NO5. The van der Waals surface area contributed by atoms with Crippen LogP contribution in [0.25, 0.3) is 11.1 Å². The lowest BCUT2D eigenvalue weighted by Crippen LogP contribution is -3.00. The van der Waals surface area contributed by atoms with Crippen LogP contribution < -0.4 is 31.9 Å². The van der Waals surface area contributed by atoms with Crippen LogP contribution in [0.3, 0.4) is 0 Å².